The number of aromatic nitrogens is 4. The summed E-state index contributed by atoms with van der Waals surface area (Å²) in [4.78, 5) is 14.8. The summed E-state index contributed by atoms with van der Waals surface area (Å²) < 4.78 is 7.15. The maximum Gasteiger partial charge on any atom is 0.262 e. The molecule has 1 fully saturated rings. The largest absolute Gasteiger partial charge is 0.484 e. The number of likely N-dealkylation sites (tertiary alicyclic amines) is 1. The molecule has 0 spiro atoms. The number of amides is 1. The minimum Gasteiger partial charge on any atom is -0.484 e. The lowest BCUT2D eigenvalue weighted by Crippen LogP contribution is -2.23. The van der Waals surface area contributed by atoms with Crippen LogP contribution in [0.25, 0.3) is 5.69 Å². The molecule has 0 aliphatic carbocycles. The zero-order valence-corrected chi connectivity index (χ0v) is 15.5. The predicted octanol–water partition coefficient (Wildman–Crippen LogP) is 2.28. The van der Waals surface area contributed by atoms with Gasteiger partial charge in [-0.05, 0) is 72.3 Å². The van der Waals surface area contributed by atoms with E-state index in [1.807, 2.05) is 30.3 Å². The Morgan fingerprint density at radius 1 is 1.07 bits per heavy atom. The molecule has 4 rings (SSSR count). The van der Waals surface area contributed by atoms with Crippen molar-refractivity contribution in [1.82, 2.24) is 25.1 Å². The molecule has 8 heteroatoms. The molecule has 1 amide bonds. The standard InChI is InChI=1S/C20H22N6O2/c27-20(14-28-18-9-7-17(8-10-18)26-15-21-23-24-26)22-19-6-2-1-5-16(19)13-25-11-3-4-12-25/h1-2,5-10,15H,3-4,11-14H2,(H,22,27). The Labute approximate surface area is 163 Å². The Kier molecular flexibility index (Phi) is 5.58. The van der Waals surface area contributed by atoms with Crippen molar-refractivity contribution in [2.45, 2.75) is 19.4 Å². The molecule has 1 N–H and O–H groups in total. The highest BCUT2D eigenvalue weighted by Crippen LogP contribution is 2.20. The van der Waals surface area contributed by atoms with Gasteiger partial charge in [-0.2, -0.15) is 0 Å². The van der Waals surface area contributed by atoms with Crippen LogP contribution < -0.4 is 10.1 Å². The molecule has 28 heavy (non-hydrogen) atoms. The molecular weight excluding hydrogens is 356 g/mol. The molecule has 8 nitrogen and oxygen atoms in total. The molecule has 0 radical (unpaired) electrons. The number of nitrogens with zero attached hydrogens (tertiary/aromatic N) is 5. The van der Waals surface area contributed by atoms with Crippen LogP contribution in [0.4, 0.5) is 5.69 Å². The van der Waals surface area contributed by atoms with Crippen molar-refractivity contribution in [2.75, 3.05) is 25.0 Å². The van der Waals surface area contributed by atoms with Gasteiger partial charge in [0.1, 0.15) is 12.1 Å². The lowest BCUT2D eigenvalue weighted by molar-refractivity contribution is -0.118. The van der Waals surface area contributed by atoms with Crippen molar-refractivity contribution in [2.24, 2.45) is 0 Å². The molecule has 1 saturated heterocycles. The molecule has 0 unspecified atom stereocenters. The SMILES string of the molecule is O=C(COc1ccc(-n2cnnn2)cc1)Nc1ccccc1CN1CCCC1. The fourth-order valence-electron chi connectivity index (χ4n) is 3.27. The number of carbonyl (C=O) groups is 1. The summed E-state index contributed by atoms with van der Waals surface area (Å²) in [7, 11) is 0. The summed E-state index contributed by atoms with van der Waals surface area (Å²) in [5.74, 6) is 0.427. The Morgan fingerprint density at radius 2 is 1.86 bits per heavy atom. The number of ether oxygens (including phenoxy) is 1. The zero-order valence-electron chi connectivity index (χ0n) is 15.5. The van der Waals surface area contributed by atoms with Gasteiger partial charge in [-0.1, -0.05) is 18.2 Å². The third-order valence-electron chi connectivity index (χ3n) is 4.70. The number of para-hydroxylation sites is 1. The van der Waals surface area contributed by atoms with Crippen molar-refractivity contribution >= 4 is 11.6 Å². The minimum absolute atomic E-state index is 0.0533. The first-order valence-corrected chi connectivity index (χ1v) is 9.34. The van der Waals surface area contributed by atoms with Gasteiger partial charge in [0.05, 0.1) is 5.69 Å². The highest BCUT2D eigenvalue weighted by molar-refractivity contribution is 5.92. The monoisotopic (exact) mass is 378 g/mol. The van der Waals surface area contributed by atoms with Gasteiger partial charge in [0, 0.05) is 12.2 Å². The maximum absolute atomic E-state index is 12.3. The molecule has 3 aromatic rings. The van der Waals surface area contributed by atoms with E-state index in [1.165, 1.54) is 19.2 Å². The van der Waals surface area contributed by atoms with E-state index in [1.54, 1.807) is 16.8 Å². The Balaban J connectivity index is 1.32. The van der Waals surface area contributed by atoms with E-state index in [-0.39, 0.29) is 12.5 Å². The van der Waals surface area contributed by atoms with E-state index in [0.29, 0.717) is 5.75 Å². The van der Waals surface area contributed by atoms with Crippen LogP contribution in [0.1, 0.15) is 18.4 Å². The van der Waals surface area contributed by atoms with Gasteiger partial charge in [-0.25, -0.2) is 4.68 Å². The smallest absolute Gasteiger partial charge is 0.262 e. The van der Waals surface area contributed by atoms with E-state index in [4.69, 9.17) is 4.74 Å². The van der Waals surface area contributed by atoms with Gasteiger partial charge in [0.2, 0.25) is 0 Å². The zero-order chi connectivity index (χ0) is 19.2. The van der Waals surface area contributed by atoms with Crippen molar-refractivity contribution in [1.29, 1.82) is 0 Å². The number of benzene rings is 2. The number of hydrogen-bond acceptors (Lipinski definition) is 6. The second-order valence-electron chi connectivity index (χ2n) is 6.73. The van der Waals surface area contributed by atoms with Crippen LogP contribution >= 0.6 is 0 Å². The van der Waals surface area contributed by atoms with Crippen LogP contribution in [0.2, 0.25) is 0 Å². The number of nitrogens with one attached hydrogen (secondary N) is 1. The molecule has 2 aromatic carbocycles. The molecular formula is C20H22N6O2. The van der Waals surface area contributed by atoms with Gasteiger partial charge in [-0.15, -0.1) is 5.10 Å². The van der Waals surface area contributed by atoms with E-state index in [0.717, 1.165) is 36.6 Å². The van der Waals surface area contributed by atoms with Crippen molar-refractivity contribution in [3.8, 4) is 11.4 Å². The average Bonchev–Trinajstić information content (AvgIpc) is 3.43. The summed E-state index contributed by atoms with van der Waals surface area (Å²) in [6.07, 6.45) is 4.01. The van der Waals surface area contributed by atoms with Crippen LogP contribution in [0, 0.1) is 0 Å². The van der Waals surface area contributed by atoms with Crippen molar-refractivity contribution < 1.29 is 9.53 Å². The lowest BCUT2D eigenvalue weighted by Gasteiger charge is -2.18. The summed E-state index contributed by atoms with van der Waals surface area (Å²) in [5, 5.41) is 14.0. The van der Waals surface area contributed by atoms with Crippen LogP contribution in [0.5, 0.6) is 5.75 Å². The molecule has 0 atom stereocenters. The summed E-state index contributed by atoms with van der Waals surface area (Å²) in [5.41, 5.74) is 2.79. The van der Waals surface area contributed by atoms with Crippen LogP contribution in [-0.4, -0.2) is 50.7 Å². The Hall–Kier alpha value is -3.26. The van der Waals surface area contributed by atoms with Gasteiger partial charge in [-0.3, -0.25) is 9.69 Å². The number of carbonyl (C=O) groups excluding carboxylic acids is 1. The number of tetrazole rings is 1. The first-order chi connectivity index (χ1) is 13.8. The Bertz CT molecular complexity index is 905. The first-order valence-electron chi connectivity index (χ1n) is 9.34. The van der Waals surface area contributed by atoms with Gasteiger partial charge in [0.15, 0.2) is 6.61 Å². The second-order valence-corrected chi connectivity index (χ2v) is 6.73. The van der Waals surface area contributed by atoms with Crippen LogP contribution in [0.15, 0.2) is 54.9 Å². The fraction of sp³-hybridized carbons (Fsp3) is 0.300. The van der Waals surface area contributed by atoms with Crippen molar-refractivity contribution in [3.63, 3.8) is 0 Å². The molecule has 2 heterocycles. The highest BCUT2D eigenvalue weighted by Gasteiger charge is 2.14. The maximum atomic E-state index is 12.3. The first kappa shape index (κ1) is 18.1. The third-order valence-corrected chi connectivity index (χ3v) is 4.70. The molecule has 0 bridgehead atoms. The van der Waals surface area contributed by atoms with E-state index in [9.17, 15) is 4.79 Å². The highest BCUT2D eigenvalue weighted by atomic mass is 16.5. The van der Waals surface area contributed by atoms with Crippen LogP contribution in [0.3, 0.4) is 0 Å². The van der Waals surface area contributed by atoms with Gasteiger partial charge in [0.25, 0.3) is 5.91 Å². The lowest BCUT2D eigenvalue weighted by atomic mass is 10.1. The average molecular weight is 378 g/mol. The van der Waals surface area contributed by atoms with E-state index < -0.39 is 0 Å². The minimum atomic E-state index is -0.182. The van der Waals surface area contributed by atoms with Gasteiger partial charge >= 0.3 is 0 Å². The Morgan fingerprint density at radius 3 is 2.61 bits per heavy atom. The normalized spacial score (nSPS) is 14.1. The number of anilines is 1. The van der Waals surface area contributed by atoms with Crippen LogP contribution in [-0.2, 0) is 11.3 Å². The van der Waals surface area contributed by atoms with Crippen molar-refractivity contribution in [3.05, 3.63) is 60.4 Å². The predicted molar refractivity (Wildman–Crippen MR) is 104 cm³/mol. The second kappa shape index (κ2) is 8.62. The third kappa shape index (κ3) is 4.52. The quantitative estimate of drug-likeness (QED) is 0.679. The topological polar surface area (TPSA) is 85.2 Å². The van der Waals surface area contributed by atoms with E-state index in [2.05, 4.69) is 31.8 Å². The fourth-order valence-corrected chi connectivity index (χ4v) is 3.27. The molecule has 0 saturated carbocycles. The van der Waals surface area contributed by atoms with Gasteiger partial charge < -0.3 is 10.1 Å². The molecule has 1 aromatic heterocycles. The van der Waals surface area contributed by atoms with E-state index >= 15 is 0 Å². The summed E-state index contributed by atoms with van der Waals surface area (Å²) >= 11 is 0. The summed E-state index contributed by atoms with van der Waals surface area (Å²) in [6, 6.07) is 15.2. The number of rotatable bonds is 7. The molecule has 1 aliphatic heterocycles. The number of hydrogen-bond donors (Lipinski definition) is 1. The summed E-state index contributed by atoms with van der Waals surface area (Å²) in [6.45, 7) is 3.04. The molecule has 1 aliphatic rings. The molecule has 144 valence electrons.